The molecular weight excluding hydrogens is 353 g/mol. The Balaban J connectivity index is -0.000000273. The van der Waals surface area contributed by atoms with Crippen LogP contribution in [0.2, 0.25) is 0 Å². The van der Waals surface area contributed by atoms with E-state index in [2.05, 4.69) is 38.6 Å². The number of rotatable bonds is 1. The number of allylic oxidation sites excluding steroid dienone is 4. The van der Waals surface area contributed by atoms with Crippen LogP contribution < -0.4 is 24.8 Å². The molecule has 126 valence electrons. The van der Waals surface area contributed by atoms with Crippen molar-refractivity contribution in [1.82, 2.24) is 0 Å². The van der Waals surface area contributed by atoms with Gasteiger partial charge in [-0.15, -0.1) is 6.92 Å². The van der Waals surface area contributed by atoms with E-state index in [0.717, 1.165) is 25.7 Å². The average Bonchev–Trinajstić information content (AvgIpc) is 2.69. The Labute approximate surface area is 160 Å². The molecule has 0 aromatic heterocycles. The van der Waals surface area contributed by atoms with E-state index < -0.39 is 0 Å². The van der Waals surface area contributed by atoms with Crippen LogP contribution in [0.4, 0.5) is 0 Å². The molecule has 2 aliphatic rings. The van der Waals surface area contributed by atoms with Crippen molar-refractivity contribution in [3.05, 3.63) is 28.5 Å². The summed E-state index contributed by atoms with van der Waals surface area (Å²) in [5.41, 5.74) is 11.1. The van der Waals surface area contributed by atoms with Crippen molar-refractivity contribution in [3.8, 4) is 0 Å². The first kappa shape index (κ1) is 27.0. The average molecular weight is 380 g/mol. The fourth-order valence-corrected chi connectivity index (χ4v) is 2.53. The largest absolute Gasteiger partial charge is 1.00 e. The zero-order chi connectivity index (χ0) is 15.7. The van der Waals surface area contributed by atoms with Gasteiger partial charge in [-0.1, -0.05) is 46.0 Å². The van der Waals surface area contributed by atoms with Gasteiger partial charge in [0.2, 0.25) is 0 Å². The monoisotopic (exact) mass is 379 g/mol. The zero-order valence-electron chi connectivity index (χ0n) is 14.1. The molecule has 2 rings (SSSR count). The Morgan fingerprint density at radius 1 is 1.14 bits per heavy atom. The molecule has 1 fully saturated rings. The van der Waals surface area contributed by atoms with Crippen LogP contribution in [0.1, 0.15) is 59.8 Å². The van der Waals surface area contributed by atoms with Gasteiger partial charge in [0.05, 0.1) is 5.91 Å². The molecule has 2 nitrogen and oxygen atoms in total. The summed E-state index contributed by atoms with van der Waals surface area (Å²) in [6.07, 6.45) is 8.83. The molecule has 1 saturated carbocycles. The molecule has 0 aromatic carbocycles. The second-order valence-corrected chi connectivity index (χ2v) is 5.50. The summed E-state index contributed by atoms with van der Waals surface area (Å²) >= 11 is 1.75. The van der Waals surface area contributed by atoms with Gasteiger partial charge in [-0.25, -0.2) is 5.57 Å². The quantitative estimate of drug-likeness (QED) is 0.418. The van der Waals surface area contributed by atoms with E-state index in [1.165, 1.54) is 23.1 Å². The maximum absolute atomic E-state index is 10.5. The standard InChI is InChI=1S/C9H13.C7H13NO.CH2.2ClH.Ti/c1-6-5-7(2)9(4)8(6)3;8-7(9)6-4-2-1-3-5-6;;;;/h6H,1-4H3;6H,1-5H2,(H2,8,9);1H2;2*1H;/q-1;;;;;+2/p-3. The Bertz CT molecular complexity index is 388. The van der Waals surface area contributed by atoms with Gasteiger partial charge in [-0.05, 0) is 12.8 Å². The van der Waals surface area contributed by atoms with E-state index in [1.54, 1.807) is 20.0 Å². The van der Waals surface area contributed by atoms with E-state index >= 15 is 0 Å². The first-order valence-electron chi connectivity index (χ1n) is 7.32. The van der Waals surface area contributed by atoms with Crippen LogP contribution in [0, 0.1) is 17.9 Å². The van der Waals surface area contributed by atoms with E-state index in [1.807, 2.05) is 0 Å². The molecule has 0 aromatic rings. The predicted molar refractivity (Wildman–Crippen MR) is 83.0 cm³/mol. The first-order valence-corrected chi connectivity index (χ1v) is 8.42. The van der Waals surface area contributed by atoms with Crippen molar-refractivity contribution < 1.29 is 49.6 Å². The fraction of sp³-hybridized carbons (Fsp3) is 0.647. The number of nitrogens with one attached hydrogen (secondary N) is 1. The number of carbonyl (C=O) groups is 1. The molecule has 0 aliphatic heterocycles. The summed E-state index contributed by atoms with van der Waals surface area (Å²) in [5, 5.41) is 0. The van der Waals surface area contributed by atoms with E-state index in [-0.39, 0.29) is 36.6 Å². The molecule has 1 unspecified atom stereocenters. The van der Waals surface area contributed by atoms with E-state index in [0.29, 0.717) is 5.92 Å². The van der Waals surface area contributed by atoms with Crippen LogP contribution >= 0.6 is 0 Å². The van der Waals surface area contributed by atoms with Crippen molar-refractivity contribution in [2.75, 3.05) is 0 Å². The smallest absolute Gasteiger partial charge is 0.0519 e. The third-order valence-corrected chi connectivity index (χ3v) is 4.21. The first-order chi connectivity index (χ1) is 9.43. The summed E-state index contributed by atoms with van der Waals surface area (Å²) in [7, 11) is 0. The van der Waals surface area contributed by atoms with E-state index in [4.69, 9.17) is 5.73 Å². The molecule has 1 amide bonds. The molecule has 5 heteroatoms. The fourth-order valence-electron chi connectivity index (χ4n) is 2.53. The third kappa shape index (κ3) is 9.30. The molecule has 2 aliphatic carbocycles. The van der Waals surface area contributed by atoms with Gasteiger partial charge in [0.1, 0.15) is 0 Å². The molecule has 0 heterocycles. The summed E-state index contributed by atoms with van der Waals surface area (Å²) in [5.74, 6) is 0.290. The van der Waals surface area contributed by atoms with Crippen LogP contribution in [-0.4, -0.2) is 10.7 Å². The van der Waals surface area contributed by atoms with Gasteiger partial charge in [0.15, 0.2) is 0 Å². The van der Waals surface area contributed by atoms with Crippen LogP contribution in [0.15, 0.2) is 16.7 Å². The molecule has 1 atom stereocenters. The molecule has 0 radical (unpaired) electrons. The molecule has 22 heavy (non-hydrogen) atoms. The molecule has 0 saturated heterocycles. The maximum atomic E-state index is 10.5. The minimum atomic E-state index is -0.352. The van der Waals surface area contributed by atoms with Gasteiger partial charge in [0, 0.05) is 5.92 Å². The Kier molecular flexibility index (Phi) is 18.0. The summed E-state index contributed by atoms with van der Waals surface area (Å²) in [6.45, 7) is 8.67. The van der Waals surface area contributed by atoms with Gasteiger partial charge in [-0.3, -0.25) is 6.08 Å². The molecule has 1 N–H and O–H groups in total. The molecular formula is C17H27Cl2NOTi-2. The summed E-state index contributed by atoms with van der Waals surface area (Å²) in [6, 6.07) is 0. The van der Waals surface area contributed by atoms with Gasteiger partial charge >= 0.3 is 24.8 Å². The van der Waals surface area contributed by atoms with Crippen LogP contribution in [0.25, 0.3) is 5.73 Å². The zero-order valence-corrected chi connectivity index (χ0v) is 17.1. The molecule has 0 spiro atoms. The minimum absolute atomic E-state index is 0. The SMILES string of the molecule is CC1=[C-]C(C)C(C)=C1C.[CH2]=[Ti+2].[Cl-].[Cl-].[NH-]C(=O)C1CCCCC1. The Hall–Kier alpha value is 0.114. The van der Waals surface area contributed by atoms with E-state index in [9.17, 15) is 4.79 Å². The van der Waals surface area contributed by atoms with Crippen molar-refractivity contribution in [2.45, 2.75) is 59.8 Å². The number of hydrogen-bond donors (Lipinski definition) is 0. The van der Waals surface area contributed by atoms with Crippen LogP contribution in [0.5, 0.6) is 0 Å². The van der Waals surface area contributed by atoms with Gasteiger partial charge in [0.25, 0.3) is 0 Å². The van der Waals surface area contributed by atoms with Crippen LogP contribution in [0.3, 0.4) is 0 Å². The maximum Gasteiger partial charge on any atom is 0.0519 e. The predicted octanol–water partition coefficient (Wildman–Crippen LogP) is -1.16. The normalized spacial score (nSPS) is 20.3. The minimum Gasteiger partial charge on any atom is -1.00 e. The number of carbonyl (C=O) groups excluding carboxylic acids is 1. The third-order valence-electron chi connectivity index (χ3n) is 4.21. The number of halogens is 2. The number of amides is 1. The number of hydrogen-bond acceptors (Lipinski definition) is 1. The summed E-state index contributed by atoms with van der Waals surface area (Å²) < 4.78 is 0. The van der Waals surface area contributed by atoms with Crippen molar-refractivity contribution in [2.24, 2.45) is 11.8 Å². The van der Waals surface area contributed by atoms with Crippen LogP contribution in [-0.2, 0) is 24.8 Å². The van der Waals surface area contributed by atoms with Crippen molar-refractivity contribution in [1.29, 1.82) is 0 Å². The van der Waals surface area contributed by atoms with Gasteiger partial charge in [-0.2, -0.15) is 11.1 Å². The Morgan fingerprint density at radius 3 is 1.77 bits per heavy atom. The van der Waals surface area contributed by atoms with Crippen molar-refractivity contribution >= 4 is 10.7 Å². The van der Waals surface area contributed by atoms with Gasteiger partial charge < -0.3 is 35.3 Å². The molecule has 0 bridgehead atoms. The second-order valence-electron chi connectivity index (χ2n) is 5.50. The Morgan fingerprint density at radius 2 is 1.59 bits per heavy atom. The second kappa shape index (κ2) is 14.7. The summed E-state index contributed by atoms with van der Waals surface area (Å²) in [4.78, 5) is 13.7. The topological polar surface area (TPSA) is 40.9 Å². The van der Waals surface area contributed by atoms with Crippen molar-refractivity contribution in [3.63, 3.8) is 0 Å².